The number of ether oxygens (including phenoxy) is 1. The number of hydrogen-bond donors (Lipinski definition) is 1. The summed E-state index contributed by atoms with van der Waals surface area (Å²) >= 11 is 1.40. The molecule has 0 aliphatic rings. The van der Waals surface area contributed by atoms with E-state index in [0.29, 0.717) is 29.7 Å². The molecule has 0 bridgehead atoms. The molecular formula is C27H28N4O2S. The second kappa shape index (κ2) is 11.0. The number of rotatable bonds is 9. The lowest BCUT2D eigenvalue weighted by molar-refractivity contribution is -0.115. The van der Waals surface area contributed by atoms with Crippen LogP contribution in [0, 0.1) is 6.92 Å². The molecule has 4 rings (SSSR count). The molecule has 0 saturated heterocycles. The Morgan fingerprint density at radius 2 is 1.76 bits per heavy atom. The largest absolute Gasteiger partial charge is 0.492 e. The van der Waals surface area contributed by atoms with Crippen LogP contribution >= 0.6 is 11.8 Å². The van der Waals surface area contributed by atoms with Crippen LogP contribution in [0.2, 0.25) is 0 Å². The van der Waals surface area contributed by atoms with E-state index in [-0.39, 0.29) is 5.91 Å². The first-order valence-electron chi connectivity index (χ1n) is 11.3. The van der Waals surface area contributed by atoms with Crippen molar-refractivity contribution in [1.82, 2.24) is 14.8 Å². The maximum Gasteiger partial charge on any atom is 0.242 e. The van der Waals surface area contributed by atoms with Crippen molar-refractivity contribution < 1.29 is 9.53 Å². The third kappa shape index (κ3) is 5.31. The number of carbonyl (C=O) groups is 1. The summed E-state index contributed by atoms with van der Waals surface area (Å²) in [5, 5.41) is 12.2. The lowest BCUT2D eigenvalue weighted by Gasteiger charge is -2.18. The Bertz CT molecular complexity index is 1260. The molecule has 1 heterocycles. The number of carbonyl (C=O) groups excluding carboxylic acids is 1. The summed E-state index contributed by atoms with van der Waals surface area (Å²) in [6.45, 7) is 7.24. The number of para-hydroxylation sites is 2. The molecule has 3 aromatic carbocycles. The highest BCUT2D eigenvalue weighted by atomic mass is 32.2. The van der Waals surface area contributed by atoms with Crippen LogP contribution in [0.4, 0.5) is 5.69 Å². The smallest absolute Gasteiger partial charge is 0.242 e. The highest BCUT2D eigenvalue weighted by Crippen LogP contribution is 2.37. The van der Waals surface area contributed by atoms with Crippen LogP contribution < -0.4 is 10.1 Å². The topological polar surface area (TPSA) is 69.0 Å². The molecule has 1 N–H and O–H groups in total. The number of anilines is 1. The highest BCUT2D eigenvalue weighted by molar-refractivity contribution is 8.00. The van der Waals surface area contributed by atoms with Gasteiger partial charge in [-0.2, -0.15) is 0 Å². The van der Waals surface area contributed by atoms with Gasteiger partial charge >= 0.3 is 0 Å². The SMILES string of the molecule is CCOc1ccccc1NC(=O)C(Sc1nnc(-c2cccc(C)c2)n1CC)c1ccccc1. The van der Waals surface area contributed by atoms with Gasteiger partial charge in [0.15, 0.2) is 11.0 Å². The van der Waals surface area contributed by atoms with Crippen molar-refractivity contribution in [3.05, 3.63) is 90.0 Å². The Balaban J connectivity index is 1.67. The van der Waals surface area contributed by atoms with E-state index in [1.54, 1.807) is 0 Å². The van der Waals surface area contributed by atoms with E-state index < -0.39 is 5.25 Å². The zero-order valence-corrected chi connectivity index (χ0v) is 20.4. The van der Waals surface area contributed by atoms with Crippen molar-refractivity contribution in [2.75, 3.05) is 11.9 Å². The molecule has 1 aromatic heterocycles. The minimum absolute atomic E-state index is 0.147. The molecule has 0 aliphatic heterocycles. The van der Waals surface area contributed by atoms with Crippen LogP contribution in [0.5, 0.6) is 5.75 Å². The quantitative estimate of drug-likeness (QED) is 0.296. The Hall–Kier alpha value is -3.58. The molecule has 0 radical (unpaired) electrons. The van der Waals surface area contributed by atoms with E-state index in [1.165, 1.54) is 11.8 Å². The van der Waals surface area contributed by atoms with Crippen LogP contribution in [0.1, 0.15) is 30.2 Å². The van der Waals surface area contributed by atoms with Gasteiger partial charge in [-0.05, 0) is 44.5 Å². The van der Waals surface area contributed by atoms with Gasteiger partial charge in [0.1, 0.15) is 11.0 Å². The maximum atomic E-state index is 13.6. The summed E-state index contributed by atoms with van der Waals surface area (Å²) in [5.41, 5.74) is 3.70. The normalized spacial score (nSPS) is 11.7. The minimum atomic E-state index is -0.518. The summed E-state index contributed by atoms with van der Waals surface area (Å²) in [4.78, 5) is 13.6. The van der Waals surface area contributed by atoms with Gasteiger partial charge in [0.25, 0.3) is 0 Å². The summed E-state index contributed by atoms with van der Waals surface area (Å²) < 4.78 is 7.74. The predicted molar refractivity (Wildman–Crippen MR) is 137 cm³/mol. The molecule has 0 fully saturated rings. The molecule has 1 unspecified atom stereocenters. The zero-order valence-electron chi connectivity index (χ0n) is 19.6. The standard InChI is InChI=1S/C27H28N4O2S/c1-4-31-25(21-15-11-12-19(3)18-21)29-30-27(31)34-24(20-13-7-6-8-14-20)26(32)28-22-16-9-10-17-23(22)33-5-2/h6-18,24H,4-5H2,1-3H3,(H,28,32). The number of benzene rings is 3. The number of aromatic nitrogens is 3. The molecule has 34 heavy (non-hydrogen) atoms. The summed E-state index contributed by atoms with van der Waals surface area (Å²) in [6, 6.07) is 25.4. The third-order valence-corrected chi connectivity index (χ3v) is 6.55. The first kappa shape index (κ1) is 23.6. The molecule has 4 aromatic rings. The Morgan fingerprint density at radius 1 is 1.00 bits per heavy atom. The first-order valence-corrected chi connectivity index (χ1v) is 12.2. The van der Waals surface area contributed by atoms with Crippen LogP contribution in [-0.2, 0) is 11.3 Å². The van der Waals surface area contributed by atoms with Crippen LogP contribution in [0.25, 0.3) is 11.4 Å². The van der Waals surface area contributed by atoms with Gasteiger partial charge in [0.05, 0.1) is 12.3 Å². The third-order valence-electron chi connectivity index (χ3n) is 5.32. The zero-order chi connectivity index (χ0) is 23.9. The molecule has 6 nitrogen and oxygen atoms in total. The average Bonchev–Trinajstić information content (AvgIpc) is 3.27. The van der Waals surface area contributed by atoms with Crippen LogP contribution in [-0.4, -0.2) is 27.3 Å². The summed E-state index contributed by atoms with van der Waals surface area (Å²) in [7, 11) is 0. The van der Waals surface area contributed by atoms with Gasteiger partial charge in [-0.15, -0.1) is 10.2 Å². The van der Waals surface area contributed by atoms with Gasteiger partial charge in [-0.1, -0.05) is 78.0 Å². The van der Waals surface area contributed by atoms with E-state index in [0.717, 1.165) is 22.5 Å². The Labute approximate surface area is 204 Å². The fourth-order valence-electron chi connectivity index (χ4n) is 3.71. The average molecular weight is 473 g/mol. The molecule has 1 amide bonds. The molecule has 174 valence electrons. The van der Waals surface area contributed by atoms with Gasteiger partial charge < -0.3 is 14.6 Å². The van der Waals surface area contributed by atoms with Crippen molar-refractivity contribution in [2.24, 2.45) is 0 Å². The van der Waals surface area contributed by atoms with Crippen molar-refractivity contribution >= 4 is 23.4 Å². The number of nitrogens with zero attached hydrogens (tertiary/aromatic N) is 3. The van der Waals surface area contributed by atoms with Crippen LogP contribution in [0.15, 0.2) is 84.0 Å². The number of nitrogens with one attached hydrogen (secondary N) is 1. The Morgan fingerprint density at radius 3 is 2.50 bits per heavy atom. The van der Waals surface area contributed by atoms with Crippen LogP contribution in [0.3, 0.4) is 0 Å². The number of aryl methyl sites for hydroxylation is 1. The second-order valence-electron chi connectivity index (χ2n) is 7.75. The number of hydrogen-bond acceptors (Lipinski definition) is 5. The van der Waals surface area contributed by atoms with Gasteiger partial charge in [-0.25, -0.2) is 0 Å². The number of amides is 1. The maximum absolute atomic E-state index is 13.6. The van der Waals surface area contributed by atoms with E-state index in [9.17, 15) is 4.79 Å². The monoisotopic (exact) mass is 472 g/mol. The second-order valence-corrected chi connectivity index (χ2v) is 8.82. The lowest BCUT2D eigenvalue weighted by Crippen LogP contribution is -2.20. The molecule has 0 spiro atoms. The van der Waals surface area contributed by atoms with Gasteiger partial charge in [0.2, 0.25) is 5.91 Å². The highest BCUT2D eigenvalue weighted by Gasteiger charge is 2.26. The molecule has 1 atom stereocenters. The van der Waals surface area contributed by atoms with E-state index in [1.807, 2.05) is 73.7 Å². The minimum Gasteiger partial charge on any atom is -0.492 e. The van der Waals surface area contributed by atoms with E-state index in [2.05, 4.69) is 46.1 Å². The molecule has 0 aliphatic carbocycles. The van der Waals surface area contributed by atoms with Crippen molar-refractivity contribution in [3.8, 4) is 17.1 Å². The Kier molecular flexibility index (Phi) is 7.65. The van der Waals surface area contributed by atoms with Crippen molar-refractivity contribution in [3.63, 3.8) is 0 Å². The number of thioether (sulfide) groups is 1. The van der Waals surface area contributed by atoms with Crippen molar-refractivity contribution in [2.45, 2.75) is 37.7 Å². The molecule has 7 heteroatoms. The predicted octanol–water partition coefficient (Wildman–Crippen LogP) is 6.14. The van der Waals surface area contributed by atoms with Crippen molar-refractivity contribution in [1.29, 1.82) is 0 Å². The summed E-state index contributed by atoms with van der Waals surface area (Å²) in [5.74, 6) is 1.29. The molecule has 0 saturated carbocycles. The lowest BCUT2D eigenvalue weighted by atomic mass is 10.1. The fourth-order valence-corrected chi connectivity index (χ4v) is 4.82. The van der Waals surface area contributed by atoms with Gasteiger partial charge in [0, 0.05) is 12.1 Å². The van der Waals surface area contributed by atoms with Gasteiger partial charge in [-0.3, -0.25) is 4.79 Å². The fraction of sp³-hybridized carbons (Fsp3) is 0.222. The van der Waals surface area contributed by atoms with E-state index >= 15 is 0 Å². The van der Waals surface area contributed by atoms with E-state index in [4.69, 9.17) is 4.74 Å². The summed E-state index contributed by atoms with van der Waals surface area (Å²) in [6.07, 6.45) is 0. The first-order chi connectivity index (χ1) is 16.6. The molecular weight excluding hydrogens is 444 g/mol.